The number of rotatable bonds is 0. The Kier molecular flexibility index (Phi) is 2.45. The summed E-state index contributed by atoms with van der Waals surface area (Å²) in [6.45, 7) is 1.44. The molecule has 1 heterocycles. The van der Waals surface area contributed by atoms with E-state index in [0.717, 1.165) is 13.0 Å². The second-order valence-corrected chi connectivity index (χ2v) is 2.54. The van der Waals surface area contributed by atoms with Crippen molar-refractivity contribution in [2.75, 3.05) is 13.1 Å². The maximum absolute atomic E-state index is 9.06. The molecule has 2 unspecified atom stereocenters. The van der Waals surface area contributed by atoms with E-state index in [-0.39, 0.29) is 12.2 Å². The Balaban J connectivity index is 2.29. The van der Waals surface area contributed by atoms with Crippen LogP contribution in [-0.2, 0) is 0 Å². The van der Waals surface area contributed by atoms with Crippen LogP contribution in [0.25, 0.3) is 0 Å². The lowest BCUT2D eigenvalue weighted by Gasteiger charge is -2.07. The van der Waals surface area contributed by atoms with E-state index >= 15 is 0 Å². The molecule has 0 aromatic rings. The summed E-state index contributed by atoms with van der Waals surface area (Å²) < 4.78 is 0. The lowest BCUT2D eigenvalue weighted by atomic mass is 10.1. The van der Waals surface area contributed by atoms with Gasteiger partial charge in [-0.25, -0.2) is 0 Å². The van der Waals surface area contributed by atoms with Gasteiger partial charge in [0.15, 0.2) is 0 Å². The molecule has 0 aromatic heterocycles. The fourth-order valence-corrected chi connectivity index (χ4v) is 1.05. The van der Waals surface area contributed by atoms with Crippen molar-refractivity contribution in [1.29, 1.82) is 0 Å². The molecule has 3 N–H and O–H groups in total. The predicted molar refractivity (Wildman–Crippen MR) is 34.1 cm³/mol. The third-order valence-corrected chi connectivity index (χ3v) is 1.58. The van der Waals surface area contributed by atoms with Crippen LogP contribution in [0.1, 0.15) is 12.8 Å². The first-order valence-corrected chi connectivity index (χ1v) is 3.36. The number of β-amino-alcohol motifs (C(OH)–C–C–N with tert-alkyl or cyclic N) is 1. The molecule has 2 atom stereocenters. The summed E-state index contributed by atoms with van der Waals surface area (Å²) in [4.78, 5) is 0. The van der Waals surface area contributed by atoms with Crippen LogP contribution in [-0.4, -0.2) is 35.5 Å². The van der Waals surface area contributed by atoms with E-state index in [9.17, 15) is 0 Å². The third kappa shape index (κ3) is 2.30. The van der Waals surface area contributed by atoms with E-state index in [1.54, 1.807) is 0 Å². The Morgan fingerprint density at radius 1 is 1.22 bits per heavy atom. The highest BCUT2D eigenvalue weighted by molar-refractivity contribution is 4.71. The molecule has 9 heavy (non-hydrogen) atoms. The van der Waals surface area contributed by atoms with Crippen LogP contribution in [0.2, 0.25) is 0 Å². The zero-order valence-electron chi connectivity index (χ0n) is 5.38. The van der Waals surface area contributed by atoms with Gasteiger partial charge in [-0.3, -0.25) is 0 Å². The summed E-state index contributed by atoms with van der Waals surface area (Å²) in [5.41, 5.74) is 0. The average molecular weight is 131 g/mol. The zero-order valence-corrected chi connectivity index (χ0v) is 5.38. The number of aliphatic hydroxyl groups excluding tert-OH is 2. The first-order valence-electron chi connectivity index (χ1n) is 3.36. The molecule has 0 bridgehead atoms. The van der Waals surface area contributed by atoms with Crippen molar-refractivity contribution in [2.24, 2.45) is 0 Å². The highest BCUT2D eigenvalue weighted by atomic mass is 16.3. The van der Waals surface area contributed by atoms with Crippen molar-refractivity contribution >= 4 is 0 Å². The highest BCUT2D eigenvalue weighted by Gasteiger charge is 2.14. The zero-order chi connectivity index (χ0) is 6.69. The molecule has 0 spiro atoms. The second-order valence-electron chi connectivity index (χ2n) is 2.54. The normalized spacial score (nSPS) is 38.0. The summed E-state index contributed by atoms with van der Waals surface area (Å²) in [5.74, 6) is 0. The van der Waals surface area contributed by atoms with Gasteiger partial charge in [0, 0.05) is 13.0 Å². The Morgan fingerprint density at radius 2 is 2.00 bits per heavy atom. The molecule has 0 amide bonds. The highest BCUT2D eigenvalue weighted by Crippen LogP contribution is 2.04. The van der Waals surface area contributed by atoms with Gasteiger partial charge in [0.1, 0.15) is 0 Å². The summed E-state index contributed by atoms with van der Waals surface area (Å²) in [7, 11) is 0. The SMILES string of the molecule is OC1CCNCC(O)C1. The molecule has 1 aliphatic heterocycles. The van der Waals surface area contributed by atoms with Gasteiger partial charge in [-0.05, 0) is 13.0 Å². The quantitative estimate of drug-likeness (QED) is 0.399. The molecule has 0 aromatic carbocycles. The molecule has 0 radical (unpaired) electrons. The molecule has 3 heteroatoms. The van der Waals surface area contributed by atoms with Gasteiger partial charge in [-0.15, -0.1) is 0 Å². The number of hydrogen-bond acceptors (Lipinski definition) is 3. The van der Waals surface area contributed by atoms with Crippen molar-refractivity contribution in [1.82, 2.24) is 5.32 Å². The summed E-state index contributed by atoms with van der Waals surface area (Å²) in [6.07, 6.45) is 0.613. The lowest BCUT2D eigenvalue weighted by molar-refractivity contribution is 0.0917. The fourth-order valence-electron chi connectivity index (χ4n) is 1.05. The Morgan fingerprint density at radius 3 is 2.78 bits per heavy atom. The minimum atomic E-state index is -0.359. The lowest BCUT2D eigenvalue weighted by Crippen LogP contribution is -2.24. The van der Waals surface area contributed by atoms with Crippen LogP contribution in [0, 0.1) is 0 Å². The van der Waals surface area contributed by atoms with E-state index in [1.807, 2.05) is 0 Å². The minimum Gasteiger partial charge on any atom is -0.393 e. The first-order chi connectivity index (χ1) is 4.29. The molecule has 54 valence electrons. The minimum absolute atomic E-state index is 0.310. The predicted octanol–water partition coefficient (Wildman–Crippen LogP) is -0.908. The largest absolute Gasteiger partial charge is 0.393 e. The molecule has 0 aliphatic carbocycles. The molecule has 0 saturated carbocycles. The van der Waals surface area contributed by atoms with Gasteiger partial charge in [0.05, 0.1) is 12.2 Å². The Bertz CT molecular complexity index is 77.1. The van der Waals surface area contributed by atoms with E-state index in [4.69, 9.17) is 10.2 Å². The van der Waals surface area contributed by atoms with Crippen LogP contribution in [0.15, 0.2) is 0 Å². The van der Waals surface area contributed by atoms with Gasteiger partial charge in [-0.1, -0.05) is 0 Å². The summed E-state index contributed by atoms with van der Waals surface area (Å²) in [6, 6.07) is 0. The van der Waals surface area contributed by atoms with Crippen molar-refractivity contribution in [3.63, 3.8) is 0 Å². The van der Waals surface area contributed by atoms with E-state index in [1.165, 1.54) is 0 Å². The topological polar surface area (TPSA) is 52.5 Å². The van der Waals surface area contributed by atoms with Crippen molar-refractivity contribution < 1.29 is 10.2 Å². The van der Waals surface area contributed by atoms with Crippen LogP contribution >= 0.6 is 0 Å². The van der Waals surface area contributed by atoms with Crippen LogP contribution < -0.4 is 5.32 Å². The second kappa shape index (κ2) is 3.15. The first kappa shape index (κ1) is 6.99. The van der Waals surface area contributed by atoms with Crippen LogP contribution in [0.5, 0.6) is 0 Å². The third-order valence-electron chi connectivity index (χ3n) is 1.58. The van der Waals surface area contributed by atoms with Gasteiger partial charge < -0.3 is 15.5 Å². The summed E-state index contributed by atoms with van der Waals surface area (Å²) >= 11 is 0. The van der Waals surface area contributed by atoms with Gasteiger partial charge in [0.2, 0.25) is 0 Å². The molecular formula is C6H13NO2. The molecular weight excluding hydrogens is 118 g/mol. The molecule has 3 nitrogen and oxygen atoms in total. The number of aliphatic hydroxyl groups is 2. The maximum Gasteiger partial charge on any atom is 0.0689 e. The van der Waals surface area contributed by atoms with Gasteiger partial charge in [-0.2, -0.15) is 0 Å². The molecule has 1 rings (SSSR count). The van der Waals surface area contributed by atoms with Crippen molar-refractivity contribution in [3.8, 4) is 0 Å². The number of nitrogens with one attached hydrogen (secondary N) is 1. The average Bonchev–Trinajstić information content (AvgIpc) is 1.93. The van der Waals surface area contributed by atoms with E-state index in [2.05, 4.69) is 5.32 Å². The van der Waals surface area contributed by atoms with E-state index < -0.39 is 0 Å². The molecule has 1 aliphatic rings. The monoisotopic (exact) mass is 131 g/mol. The molecule has 1 fully saturated rings. The Hall–Kier alpha value is -0.120. The van der Waals surface area contributed by atoms with Gasteiger partial charge >= 0.3 is 0 Å². The van der Waals surface area contributed by atoms with Crippen molar-refractivity contribution in [3.05, 3.63) is 0 Å². The van der Waals surface area contributed by atoms with Crippen LogP contribution in [0.4, 0.5) is 0 Å². The summed E-state index contributed by atoms with van der Waals surface area (Å²) in [5, 5.41) is 21.1. The smallest absolute Gasteiger partial charge is 0.0689 e. The standard InChI is InChI=1S/C6H13NO2/c8-5-1-2-7-4-6(9)3-5/h5-9H,1-4H2. The van der Waals surface area contributed by atoms with Gasteiger partial charge in [0.25, 0.3) is 0 Å². The van der Waals surface area contributed by atoms with Crippen molar-refractivity contribution in [2.45, 2.75) is 25.0 Å². The van der Waals surface area contributed by atoms with Crippen LogP contribution in [0.3, 0.4) is 0 Å². The molecule has 1 saturated heterocycles. The van der Waals surface area contributed by atoms with E-state index in [0.29, 0.717) is 13.0 Å². The Labute approximate surface area is 54.7 Å². The number of hydrogen-bond donors (Lipinski definition) is 3. The maximum atomic E-state index is 9.06. The fraction of sp³-hybridized carbons (Fsp3) is 1.00.